The lowest BCUT2D eigenvalue weighted by Gasteiger charge is -2.50. The maximum Gasteiger partial charge on any atom is 0.241 e. The standard InChI is InChI=1S/C25H17Cl2NO2/c26-20-10-9-14(11-21(20)27)28-22(29)13-25(24(28)30)12-19-15-5-1-3-7-17(15)23(25)18-8-4-2-6-16(18)19/h1-11,19,23H,12-13H2. The summed E-state index contributed by atoms with van der Waals surface area (Å²) in [4.78, 5) is 28.4. The quantitative estimate of drug-likeness (QED) is 0.446. The molecule has 148 valence electrons. The second kappa shape index (κ2) is 6.19. The molecule has 0 N–H and O–H groups in total. The van der Waals surface area contributed by atoms with E-state index >= 15 is 0 Å². The van der Waals surface area contributed by atoms with Gasteiger partial charge in [-0.25, -0.2) is 4.90 Å². The molecule has 0 saturated carbocycles. The topological polar surface area (TPSA) is 37.4 Å². The summed E-state index contributed by atoms with van der Waals surface area (Å²) in [5, 5.41) is 0.727. The number of nitrogens with zero attached hydrogens (tertiary/aromatic N) is 1. The van der Waals surface area contributed by atoms with Gasteiger partial charge in [0, 0.05) is 18.3 Å². The van der Waals surface area contributed by atoms with Crippen LogP contribution in [0.2, 0.25) is 10.0 Å². The maximum absolute atomic E-state index is 13.9. The molecular weight excluding hydrogens is 417 g/mol. The molecule has 1 fully saturated rings. The number of hydrogen-bond donors (Lipinski definition) is 0. The number of anilines is 1. The molecule has 7 rings (SSSR count). The molecule has 0 radical (unpaired) electrons. The molecule has 3 aliphatic carbocycles. The first-order chi connectivity index (χ1) is 14.5. The van der Waals surface area contributed by atoms with Gasteiger partial charge in [-0.05, 0) is 46.9 Å². The van der Waals surface area contributed by atoms with Crippen molar-refractivity contribution in [1.82, 2.24) is 0 Å². The smallest absolute Gasteiger partial charge is 0.241 e. The third-order valence-electron chi connectivity index (χ3n) is 6.99. The van der Waals surface area contributed by atoms with Crippen LogP contribution in [0, 0.1) is 5.41 Å². The summed E-state index contributed by atoms with van der Waals surface area (Å²) < 4.78 is 0. The fourth-order valence-electron chi connectivity index (χ4n) is 5.85. The molecule has 3 aromatic carbocycles. The molecule has 1 unspecified atom stereocenters. The van der Waals surface area contributed by atoms with E-state index in [1.807, 2.05) is 12.1 Å². The normalized spacial score (nSPS) is 26.3. The zero-order valence-corrected chi connectivity index (χ0v) is 17.5. The lowest BCUT2D eigenvalue weighted by Crippen LogP contribution is -2.47. The molecule has 1 heterocycles. The predicted molar refractivity (Wildman–Crippen MR) is 117 cm³/mol. The van der Waals surface area contributed by atoms with Crippen LogP contribution >= 0.6 is 23.2 Å². The summed E-state index contributed by atoms with van der Waals surface area (Å²) in [5.41, 5.74) is 4.62. The molecule has 30 heavy (non-hydrogen) atoms. The van der Waals surface area contributed by atoms with Crippen molar-refractivity contribution in [2.45, 2.75) is 24.7 Å². The van der Waals surface area contributed by atoms with E-state index in [0.717, 1.165) is 0 Å². The number of amides is 2. The first-order valence-electron chi connectivity index (χ1n) is 10.0. The van der Waals surface area contributed by atoms with Crippen molar-refractivity contribution < 1.29 is 9.59 Å². The van der Waals surface area contributed by atoms with Crippen molar-refractivity contribution in [2.24, 2.45) is 5.41 Å². The zero-order chi connectivity index (χ0) is 20.6. The fourth-order valence-corrected chi connectivity index (χ4v) is 6.14. The Bertz CT molecular complexity index is 1210. The molecule has 1 saturated heterocycles. The molecule has 2 bridgehead atoms. The Morgan fingerprint density at radius 2 is 1.40 bits per heavy atom. The molecular formula is C25H17Cl2NO2. The van der Waals surface area contributed by atoms with Gasteiger partial charge in [0.1, 0.15) is 0 Å². The van der Waals surface area contributed by atoms with Gasteiger partial charge in [0.05, 0.1) is 21.1 Å². The Morgan fingerprint density at radius 3 is 2.00 bits per heavy atom. The van der Waals surface area contributed by atoms with Gasteiger partial charge in [0.2, 0.25) is 11.8 Å². The van der Waals surface area contributed by atoms with Gasteiger partial charge in [-0.2, -0.15) is 0 Å². The van der Waals surface area contributed by atoms with E-state index in [1.54, 1.807) is 18.2 Å². The Morgan fingerprint density at radius 1 is 0.800 bits per heavy atom. The number of imide groups is 1. The van der Waals surface area contributed by atoms with E-state index < -0.39 is 5.41 Å². The average molecular weight is 434 g/mol. The lowest BCUT2D eigenvalue weighted by molar-refractivity contribution is -0.127. The Labute approximate surface area is 184 Å². The van der Waals surface area contributed by atoms with Crippen molar-refractivity contribution in [1.29, 1.82) is 0 Å². The highest BCUT2D eigenvalue weighted by molar-refractivity contribution is 6.42. The van der Waals surface area contributed by atoms with E-state index in [2.05, 4.69) is 36.4 Å². The average Bonchev–Trinajstić information content (AvgIpc) is 2.99. The number of carbonyl (C=O) groups excluding carboxylic acids is 2. The Kier molecular flexibility index (Phi) is 3.75. The molecule has 4 aliphatic rings. The number of benzene rings is 3. The highest BCUT2D eigenvalue weighted by Crippen LogP contribution is 2.64. The molecule has 3 aromatic rings. The van der Waals surface area contributed by atoms with Gasteiger partial charge < -0.3 is 0 Å². The van der Waals surface area contributed by atoms with Crippen molar-refractivity contribution in [3.05, 3.63) is 99.0 Å². The van der Waals surface area contributed by atoms with Gasteiger partial charge in [0.25, 0.3) is 0 Å². The van der Waals surface area contributed by atoms with Crippen molar-refractivity contribution in [3.63, 3.8) is 0 Å². The predicted octanol–water partition coefficient (Wildman–Crippen LogP) is 5.92. The summed E-state index contributed by atoms with van der Waals surface area (Å²) in [6.07, 6.45) is 0.851. The summed E-state index contributed by atoms with van der Waals surface area (Å²) in [5.74, 6) is -0.321. The minimum Gasteiger partial charge on any atom is -0.274 e. The van der Waals surface area contributed by atoms with Crippen LogP contribution < -0.4 is 4.90 Å². The number of carbonyl (C=O) groups is 2. The molecule has 0 aromatic heterocycles. The Hall–Kier alpha value is -2.62. The van der Waals surface area contributed by atoms with E-state index in [1.165, 1.54) is 27.2 Å². The van der Waals surface area contributed by atoms with E-state index in [9.17, 15) is 9.59 Å². The minimum atomic E-state index is -0.767. The van der Waals surface area contributed by atoms with Crippen LogP contribution in [0.1, 0.15) is 46.9 Å². The van der Waals surface area contributed by atoms with Gasteiger partial charge >= 0.3 is 0 Å². The molecule has 1 spiro atoms. The van der Waals surface area contributed by atoms with Crippen LogP contribution in [-0.2, 0) is 9.59 Å². The van der Waals surface area contributed by atoms with Gasteiger partial charge in [-0.3, -0.25) is 9.59 Å². The van der Waals surface area contributed by atoms with Crippen molar-refractivity contribution in [2.75, 3.05) is 4.90 Å². The summed E-state index contributed by atoms with van der Waals surface area (Å²) >= 11 is 12.2. The first kappa shape index (κ1) is 18.2. The maximum atomic E-state index is 13.9. The molecule has 2 amide bonds. The highest BCUT2D eigenvalue weighted by atomic mass is 35.5. The molecule has 1 atom stereocenters. The lowest BCUT2D eigenvalue weighted by atomic mass is 9.51. The van der Waals surface area contributed by atoms with Gasteiger partial charge in [-0.1, -0.05) is 71.7 Å². The SMILES string of the molecule is O=C1CC2(CC3c4ccccc4C2c2ccccc23)C(=O)N1c1ccc(Cl)c(Cl)c1. The molecule has 5 heteroatoms. The fraction of sp³-hybridized carbons (Fsp3) is 0.200. The van der Waals surface area contributed by atoms with E-state index in [4.69, 9.17) is 23.2 Å². The summed E-state index contributed by atoms with van der Waals surface area (Å²) in [6.45, 7) is 0. The van der Waals surface area contributed by atoms with Crippen LogP contribution in [0.3, 0.4) is 0 Å². The highest BCUT2D eigenvalue weighted by Gasteiger charge is 2.62. The first-order valence-corrected chi connectivity index (χ1v) is 10.8. The number of rotatable bonds is 1. The van der Waals surface area contributed by atoms with E-state index in [0.29, 0.717) is 22.2 Å². The van der Waals surface area contributed by atoms with Crippen molar-refractivity contribution in [3.8, 4) is 0 Å². The third kappa shape index (κ3) is 2.22. The van der Waals surface area contributed by atoms with Crippen LogP contribution in [0.4, 0.5) is 5.69 Å². The van der Waals surface area contributed by atoms with Gasteiger partial charge in [0.15, 0.2) is 0 Å². The van der Waals surface area contributed by atoms with Crippen LogP contribution in [0.5, 0.6) is 0 Å². The van der Waals surface area contributed by atoms with Crippen molar-refractivity contribution >= 4 is 40.7 Å². The third-order valence-corrected chi connectivity index (χ3v) is 7.73. The largest absolute Gasteiger partial charge is 0.274 e. The van der Waals surface area contributed by atoms with Crippen LogP contribution in [0.15, 0.2) is 66.7 Å². The number of hydrogen-bond acceptors (Lipinski definition) is 2. The minimum absolute atomic E-state index is 0.118. The molecule has 3 nitrogen and oxygen atoms in total. The van der Waals surface area contributed by atoms with Gasteiger partial charge in [-0.15, -0.1) is 0 Å². The number of halogens is 2. The molecule has 1 aliphatic heterocycles. The van der Waals surface area contributed by atoms with Crippen LogP contribution in [0.25, 0.3) is 0 Å². The Balaban J connectivity index is 1.53. The second-order valence-corrected chi connectivity index (χ2v) is 9.23. The van der Waals surface area contributed by atoms with Crippen LogP contribution in [-0.4, -0.2) is 11.8 Å². The summed E-state index contributed by atoms with van der Waals surface area (Å²) in [7, 11) is 0. The second-order valence-electron chi connectivity index (χ2n) is 8.41. The summed E-state index contributed by atoms with van der Waals surface area (Å²) in [6, 6.07) is 21.6. The monoisotopic (exact) mass is 433 g/mol. The zero-order valence-electron chi connectivity index (χ0n) is 15.9. The van der Waals surface area contributed by atoms with E-state index in [-0.39, 0.29) is 30.1 Å².